The van der Waals surface area contributed by atoms with E-state index in [1.807, 2.05) is 25.3 Å². The Labute approximate surface area is 190 Å². The fourth-order valence-electron chi connectivity index (χ4n) is 4.73. The van der Waals surface area contributed by atoms with E-state index in [1.54, 1.807) is 7.11 Å². The van der Waals surface area contributed by atoms with Gasteiger partial charge in [-0.3, -0.25) is 4.79 Å². The highest BCUT2D eigenvalue weighted by Crippen LogP contribution is 2.34. The molecule has 1 aromatic carbocycles. The van der Waals surface area contributed by atoms with Crippen molar-refractivity contribution >= 4 is 11.9 Å². The molecule has 172 valence electrons. The van der Waals surface area contributed by atoms with Crippen LogP contribution in [0.4, 0.5) is 5.95 Å². The number of nitrogens with zero attached hydrogens (tertiary/aromatic N) is 2. The number of fused-ring (bicyclic) bond motifs is 1. The third-order valence-corrected chi connectivity index (χ3v) is 6.73. The van der Waals surface area contributed by atoms with Gasteiger partial charge in [0.05, 0.1) is 12.3 Å². The highest BCUT2D eigenvalue weighted by molar-refractivity contribution is 5.98. The average Bonchev–Trinajstić information content (AvgIpc) is 2.79. The molecule has 7 heteroatoms. The van der Waals surface area contributed by atoms with Crippen molar-refractivity contribution in [3.63, 3.8) is 0 Å². The number of nitrogens with one attached hydrogen (secondary N) is 3. The zero-order valence-electron chi connectivity index (χ0n) is 19.6. The molecule has 1 aliphatic heterocycles. The van der Waals surface area contributed by atoms with Crippen LogP contribution in [0.15, 0.2) is 24.4 Å². The summed E-state index contributed by atoms with van der Waals surface area (Å²) in [5.41, 5.74) is 4.69. The number of aromatic nitrogens is 2. The van der Waals surface area contributed by atoms with Crippen molar-refractivity contribution in [1.82, 2.24) is 20.6 Å². The number of anilines is 1. The molecule has 7 nitrogen and oxygen atoms in total. The summed E-state index contributed by atoms with van der Waals surface area (Å²) in [6, 6.07) is 7.00. The van der Waals surface area contributed by atoms with Crippen LogP contribution in [0.5, 0.6) is 0 Å². The van der Waals surface area contributed by atoms with Gasteiger partial charge in [-0.15, -0.1) is 0 Å². The molecule has 1 aromatic heterocycles. The number of methoxy groups -OCH3 is 1. The molecule has 32 heavy (non-hydrogen) atoms. The van der Waals surface area contributed by atoms with Crippen LogP contribution in [0.25, 0.3) is 11.3 Å². The highest BCUT2D eigenvalue weighted by Gasteiger charge is 2.32. The van der Waals surface area contributed by atoms with Gasteiger partial charge in [-0.05, 0) is 55.9 Å². The Bertz CT molecular complexity index is 967. The Morgan fingerprint density at radius 2 is 1.94 bits per heavy atom. The fraction of sp³-hybridized carbons (Fsp3) is 0.560. The Morgan fingerprint density at radius 1 is 1.19 bits per heavy atom. The van der Waals surface area contributed by atoms with Gasteiger partial charge in [0.2, 0.25) is 5.95 Å². The monoisotopic (exact) mass is 437 g/mol. The molecule has 1 fully saturated rings. The molecule has 0 radical (unpaired) electrons. The van der Waals surface area contributed by atoms with Crippen molar-refractivity contribution in [2.45, 2.75) is 64.0 Å². The molecule has 0 atom stereocenters. The van der Waals surface area contributed by atoms with Crippen LogP contribution >= 0.6 is 0 Å². The second-order valence-corrected chi connectivity index (χ2v) is 9.69. The van der Waals surface area contributed by atoms with E-state index in [1.165, 1.54) is 0 Å². The van der Waals surface area contributed by atoms with Crippen LogP contribution in [0, 0.1) is 6.92 Å². The van der Waals surface area contributed by atoms with Gasteiger partial charge in [0.25, 0.3) is 5.91 Å². The second kappa shape index (κ2) is 9.55. The number of carbonyl (C=O) groups excluding carboxylic acids is 1. The molecule has 0 spiro atoms. The Hall–Kier alpha value is -2.51. The van der Waals surface area contributed by atoms with Gasteiger partial charge >= 0.3 is 0 Å². The first-order chi connectivity index (χ1) is 15.4. The van der Waals surface area contributed by atoms with Crippen LogP contribution < -0.4 is 16.0 Å². The van der Waals surface area contributed by atoms with Gasteiger partial charge < -0.3 is 20.7 Å². The van der Waals surface area contributed by atoms with Crippen molar-refractivity contribution < 1.29 is 9.53 Å². The predicted molar refractivity (Wildman–Crippen MR) is 127 cm³/mol. The van der Waals surface area contributed by atoms with Crippen molar-refractivity contribution in [1.29, 1.82) is 0 Å². The fourth-order valence-corrected chi connectivity index (χ4v) is 4.73. The van der Waals surface area contributed by atoms with Gasteiger partial charge in [0, 0.05) is 55.0 Å². The molecule has 0 unspecified atom stereocenters. The van der Waals surface area contributed by atoms with Crippen LogP contribution in [0.1, 0.15) is 61.0 Å². The van der Waals surface area contributed by atoms with Gasteiger partial charge in [-0.1, -0.05) is 19.9 Å². The molecule has 3 N–H and O–H groups in total. The molecule has 0 saturated heterocycles. The molecule has 2 heterocycles. The number of benzene rings is 1. The minimum absolute atomic E-state index is 0.0000438. The first-order valence-corrected chi connectivity index (χ1v) is 11.6. The van der Waals surface area contributed by atoms with Gasteiger partial charge in [0.1, 0.15) is 0 Å². The highest BCUT2D eigenvalue weighted by atomic mass is 16.5. The molecular weight excluding hydrogens is 402 g/mol. The zero-order chi connectivity index (χ0) is 22.7. The largest absolute Gasteiger partial charge is 0.383 e. The molecule has 1 aliphatic carbocycles. The van der Waals surface area contributed by atoms with Gasteiger partial charge in [0.15, 0.2) is 0 Å². The lowest BCUT2D eigenvalue weighted by Gasteiger charge is -2.33. The first kappa shape index (κ1) is 22.7. The summed E-state index contributed by atoms with van der Waals surface area (Å²) in [5, 5.41) is 10.1. The maximum absolute atomic E-state index is 12.3. The van der Waals surface area contributed by atoms with Crippen LogP contribution in [-0.2, 0) is 10.2 Å². The van der Waals surface area contributed by atoms with Crippen molar-refractivity contribution in [2.75, 3.05) is 32.1 Å². The smallest absolute Gasteiger partial charge is 0.251 e. The lowest BCUT2D eigenvalue weighted by atomic mass is 9.78. The summed E-state index contributed by atoms with van der Waals surface area (Å²) in [5.74, 6) is 0.677. The van der Waals surface area contributed by atoms with Crippen molar-refractivity contribution in [2.24, 2.45) is 0 Å². The van der Waals surface area contributed by atoms with Crippen molar-refractivity contribution in [3.8, 4) is 11.3 Å². The van der Waals surface area contributed by atoms with E-state index in [-0.39, 0.29) is 11.3 Å². The summed E-state index contributed by atoms with van der Waals surface area (Å²) in [6.45, 7) is 8.66. The average molecular weight is 438 g/mol. The third kappa shape index (κ3) is 4.94. The SMILES string of the molecule is COCCNC1CCC(Nc2ncc(C)c(-c3ccc4c(c3)C(C)(C)CNC4=O)n2)CC1. The molecule has 1 amide bonds. The molecule has 1 saturated carbocycles. The van der Waals surface area contributed by atoms with E-state index in [0.717, 1.165) is 66.8 Å². The first-order valence-electron chi connectivity index (χ1n) is 11.6. The number of carbonyl (C=O) groups is 1. The lowest BCUT2D eigenvalue weighted by molar-refractivity contribution is 0.0930. The van der Waals surface area contributed by atoms with Crippen LogP contribution in [0.3, 0.4) is 0 Å². The molecule has 2 aromatic rings. The number of hydrogen-bond donors (Lipinski definition) is 3. The molecular formula is C25H35N5O2. The Morgan fingerprint density at radius 3 is 2.69 bits per heavy atom. The number of ether oxygens (including phenoxy) is 1. The number of amides is 1. The Kier molecular flexibility index (Phi) is 6.76. The molecule has 4 rings (SSSR count). The van der Waals surface area contributed by atoms with Gasteiger partial charge in [-0.25, -0.2) is 9.97 Å². The normalized spacial score (nSPS) is 22.2. The standard InChI is InChI=1S/C25H35N5O2/c1-16-14-27-24(29-19-8-6-18(7-9-19)26-11-12-32-4)30-22(16)17-5-10-20-21(13-17)25(2,3)15-28-23(20)31/h5,10,13-14,18-19,26H,6-9,11-12,15H2,1-4H3,(H,28,31)(H,27,29,30). The van der Waals surface area contributed by atoms with E-state index >= 15 is 0 Å². The minimum Gasteiger partial charge on any atom is -0.383 e. The minimum atomic E-state index is -0.114. The Balaban J connectivity index is 1.48. The summed E-state index contributed by atoms with van der Waals surface area (Å²) in [7, 11) is 1.74. The van der Waals surface area contributed by atoms with E-state index in [9.17, 15) is 4.79 Å². The van der Waals surface area contributed by atoms with E-state index in [4.69, 9.17) is 9.72 Å². The summed E-state index contributed by atoms with van der Waals surface area (Å²) < 4.78 is 5.13. The van der Waals surface area contributed by atoms with E-state index in [0.29, 0.717) is 24.6 Å². The van der Waals surface area contributed by atoms with Crippen LogP contribution in [0.2, 0.25) is 0 Å². The molecule has 2 aliphatic rings. The lowest BCUT2D eigenvalue weighted by Crippen LogP contribution is -2.43. The molecule has 0 bridgehead atoms. The third-order valence-electron chi connectivity index (χ3n) is 6.73. The predicted octanol–water partition coefficient (Wildman–Crippen LogP) is 3.43. The number of rotatable bonds is 7. The number of hydrogen-bond acceptors (Lipinski definition) is 6. The quantitative estimate of drug-likeness (QED) is 0.575. The second-order valence-electron chi connectivity index (χ2n) is 9.69. The van der Waals surface area contributed by atoms with E-state index in [2.05, 4.69) is 40.8 Å². The zero-order valence-corrected chi connectivity index (χ0v) is 19.6. The van der Waals surface area contributed by atoms with Crippen molar-refractivity contribution in [3.05, 3.63) is 41.1 Å². The van der Waals surface area contributed by atoms with Crippen LogP contribution in [-0.4, -0.2) is 54.8 Å². The summed E-state index contributed by atoms with van der Waals surface area (Å²) in [6.07, 6.45) is 6.36. The maximum atomic E-state index is 12.3. The summed E-state index contributed by atoms with van der Waals surface area (Å²) in [4.78, 5) is 21.7. The summed E-state index contributed by atoms with van der Waals surface area (Å²) >= 11 is 0. The maximum Gasteiger partial charge on any atom is 0.251 e. The topological polar surface area (TPSA) is 88.2 Å². The van der Waals surface area contributed by atoms with E-state index < -0.39 is 0 Å². The van der Waals surface area contributed by atoms with Gasteiger partial charge in [-0.2, -0.15) is 0 Å². The number of aryl methyl sites for hydroxylation is 1.